The molecule has 1 unspecified atom stereocenters. The van der Waals surface area contributed by atoms with Gasteiger partial charge in [-0.2, -0.15) is 0 Å². The zero-order valence-corrected chi connectivity index (χ0v) is 13.0. The van der Waals surface area contributed by atoms with Crippen LogP contribution >= 0.6 is 0 Å². The summed E-state index contributed by atoms with van der Waals surface area (Å²) in [6, 6.07) is 3.95. The molecule has 1 aromatic rings. The second-order valence-electron chi connectivity index (χ2n) is 6.40. The quantitative estimate of drug-likeness (QED) is 0.901. The van der Waals surface area contributed by atoms with Gasteiger partial charge >= 0.3 is 0 Å². The molecule has 1 heterocycles. The molecule has 1 aliphatic rings. The zero-order chi connectivity index (χ0) is 13.9. The minimum Gasteiger partial charge on any atom is -0.464 e. The number of furan rings is 1. The minimum absolute atomic E-state index is 0.0830. The molecule has 1 saturated carbocycles. The van der Waals surface area contributed by atoms with Gasteiger partial charge < -0.3 is 9.73 Å². The molecule has 1 atom stereocenters. The first-order valence-electron chi connectivity index (χ1n) is 7.14. The van der Waals surface area contributed by atoms with E-state index in [9.17, 15) is 4.21 Å². The predicted octanol–water partition coefficient (Wildman–Crippen LogP) is 3.36. The molecule has 1 aromatic heterocycles. The third-order valence-electron chi connectivity index (χ3n) is 3.47. The summed E-state index contributed by atoms with van der Waals surface area (Å²) in [6.07, 6.45) is 4.70. The molecule has 0 aromatic carbocycles. The van der Waals surface area contributed by atoms with Gasteiger partial charge in [0.15, 0.2) is 0 Å². The molecule has 0 spiro atoms. The van der Waals surface area contributed by atoms with Crippen LogP contribution in [0.5, 0.6) is 0 Å². The Morgan fingerprint density at radius 2 is 1.89 bits per heavy atom. The van der Waals surface area contributed by atoms with Crippen molar-refractivity contribution in [3.63, 3.8) is 0 Å². The molecular formula is C15H25NO2S. The molecule has 0 amide bonds. The van der Waals surface area contributed by atoms with Crippen LogP contribution in [0.25, 0.3) is 0 Å². The van der Waals surface area contributed by atoms with Gasteiger partial charge in [0.25, 0.3) is 0 Å². The van der Waals surface area contributed by atoms with E-state index in [0.29, 0.717) is 11.0 Å². The van der Waals surface area contributed by atoms with Gasteiger partial charge in [-0.1, -0.05) is 12.8 Å². The molecule has 0 aliphatic heterocycles. The van der Waals surface area contributed by atoms with E-state index in [1.54, 1.807) is 0 Å². The average Bonchev–Trinajstić information content (AvgIpc) is 2.96. The number of rotatable bonds is 5. The van der Waals surface area contributed by atoms with Crippen LogP contribution in [0, 0.1) is 0 Å². The Balaban J connectivity index is 1.85. The van der Waals surface area contributed by atoms with Gasteiger partial charge in [0.05, 0.1) is 12.3 Å². The Bertz CT molecular complexity index is 428. The maximum Gasteiger partial charge on any atom is 0.118 e. The molecule has 1 N–H and O–H groups in total. The largest absolute Gasteiger partial charge is 0.464 e. The van der Waals surface area contributed by atoms with Gasteiger partial charge in [-0.15, -0.1) is 0 Å². The molecule has 1 fully saturated rings. The topological polar surface area (TPSA) is 42.2 Å². The second kappa shape index (κ2) is 6.23. The molecule has 4 heteroatoms. The van der Waals surface area contributed by atoms with Crippen molar-refractivity contribution in [1.29, 1.82) is 0 Å². The van der Waals surface area contributed by atoms with Crippen molar-refractivity contribution in [2.24, 2.45) is 0 Å². The summed E-state index contributed by atoms with van der Waals surface area (Å²) in [4.78, 5) is 0. The highest BCUT2D eigenvalue weighted by molar-refractivity contribution is 7.84. The fourth-order valence-electron chi connectivity index (χ4n) is 2.36. The van der Waals surface area contributed by atoms with Crippen LogP contribution < -0.4 is 5.32 Å². The van der Waals surface area contributed by atoms with Crippen molar-refractivity contribution >= 4 is 10.8 Å². The summed E-state index contributed by atoms with van der Waals surface area (Å²) in [5.41, 5.74) is 0.0830. The van der Waals surface area contributed by atoms with Crippen LogP contribution in [-0.4, -0.2) is 15.0 Å². The molecule has 1 aliphatic carbocycles. The highest BCUT2D eigenvalue weighted by atomic mass is 32.2. The summed E-state index contributed by atoms with van der Waals surface area (Å²) in [6.45, 7) is 7.11. The van der Waals surface area contributed by atoms with Crippen molar-refractivity contribution in [2.45, 2.75) is 69.5 Å². The molecular weight excluding hydrogens is 258 g/mol. The van der Waals surface area contributed by atoms with Crippen LogP contribution in [0.15, 0.2) is 16.5 Å². The molecule has 0 saturated heterocycles. The van der Waals surface area contributed by atoms with E-state index in [-0.39, 0.29) is 5.54 Å². The maximum atomic E-state index is 12.2. The van der Waals surface area contributed by atoms with E-state index in [4.69, 9.17) is 4.42 Å². The monoisotopic (exact) mass is 283 g/mol. The van der Waals surface area contributed by atoms with E-state index in [0.717, 1.165) is 30.9 Å². The number of nitrogens with one attached hydrogen (secondary N) is 1. The van der Waals surface area contributed by atoms with Crippen molar-refractivity contribution in [2.75, 3.05) is 0 Å². The Morgan fingerprint density at radius 3 is 2.53 bits per heavy atom. The highest BCUT2D eigenvalue weighted by Crippen LogP contribution is 2.25. The molecule has 0 radical (unpaired) electrons. The fraction of sp³-hybridized carbons (Fsp3) is 0.733. The average molecular weight is 283 g/mol. The van der Waals surface area contributed by atoms with Crippen molar-refractivity contribution in [3.8, 4) is 0 Å². The van der Waals surface area contributed by atoms with Gasteiger partial charge in [0, 0.05) is 21.6 Å². The van der Waals surface area contributed by atoms with Gasteiger partial charge in [0.2, 0.25) is 0 Å². The van der Waals surface area contributed by atoms with Gasteiger partial charge in [-0.25, -0.2) is 0 Å². The molecule has 2 rings (SSSR count). The van der Waals surface area contributed by atoms with Crippen molar-refractivity contribution < 1.29 is 8.63 Å². The SMILES string of the molecule is CC(C)(C)NCc1ccc(CS(=O)C2CCCC2)o1. The summed E-state index contributed by atoms with van der Waals surface area (Å²) >= 11 is 0. The standard InChI is InChI=1S/C15H25NO2S/c1-15(2,3)16-10-12-8-9-13(18-12)11-19(17)14-6-4-5-7-14/h8-9,14,16H,4-7,10-11H2,1-3H3. The van der Waals surface area contributed by atoms with E-state index < -0.39 is 10.8 Å². The summed E-state index contributed by atoms with van der Waals surface area (Å²) < 4.78 is 17.9. The summed E-state index contributed by atoms with van der Waals surface area (Å²) in [7, 11) is -0.768. The Morgan fingerprint density at radius 1 is 1.26 bits per heavy atom. The van der Waals surface area contributed by atoms with Crippen LogP contribution in [0.4, 0.5) is 0 Å². The summed E-state index contributed by atoms with van der Waals surface area (Å²) in [5, 5.41) is 3.78. The second-order valence-corrected chi connectivity index (χ2v) is 8.12. The lowest BCUT2D eigenvalue weighted by Crippen LogP contribution is -2.34. The lowest BCUT2D eigenvalue weighted by Gasteiger charge is -2.19. The first kappa shape index (κ1) is 14.8. The Labute approximate surface area is 118 Å². The highest BCUT2D eigenvalue weighted by Gasteiger charge is 2.22. The predicted molar refractivity (Wildman–Crippen MR) is 79.4 cm³/mol. The third kappa shape index (κ3) is 4.77. The smallest absolute Gasteiger partial charge is 0.118 e. The third-order valence-corrected chi connectivity index (χ3v) is 5.25. The first-order chi connectivity index (χ1) is 8.94. The van der Waals surface area contributed by atoms with Crippen LogP contribution in [0.2, 0.25) is 0 Å². The van der Waals surface area contributed by atoms with Gasteiger partial charge in [0.1, 0.15) is 11.5 Å². The van der Waals surface area contributed by atoms with Gasteiger partial charge in [-0.05, 0) is 45.7 Å². The lowest BCUT2D eigenvalue weighted by atomic mass is 10.1. The first-order valence-corrected chi connectivity index (χ1v) is 8.52. The normalized spacial score (nSPS) is 18.9. The maximum absolute atomic E-state index is 12.2. The van der Waals surface area contributed by atoms with E-state index in [2.05, 4.69) is 26.1 Å². The molecule has 3 nitrogen and oxygen atoms in total. The fourth-order valence-corrected chi connectivity index (χ4v) is 3.89. The zero-order valence-electron chi connectivity index (χ0n) is 12.2. The number of hydrogen-bond donors (Lipinski definition) is 1. The summed E-state index contributed by atoms with van der Waals surface area (Å²) in [5.74, 6) is 2.35. The molecule has 0 bridgehead atoms. The van der Waals surface area contributed by atoms with Crippen LogP contribution in [0.1, 0.15) is 58.0 Å². The lowest BCUT2D eigenvalue weighted by molar-refractivity contribution is 0.382. The minimum atomic E-state index is -0.768. The van der Waals surface area contributed by atoms with Crippen molar-refractivity contribution in [3.05, 3.63) is 23.7 Å². The van der Waals surface area contributed by atoms with E-state index >= 15 is 0 Å². The molecule has 108 valence electrons. The Hall–Kier alpha value is -0.610. The van der Waals surface area contributed by atoms with E-state index in [1.807, 2.05) is 12.1 Å². The number of hydrogen-bond acceptors (Lipinski definition) is 3. The van der Waals surface area contributed by atoms with Crippen LogP contribution in [-0.2, 0) is 23.1 Å². The Kier molecular flexibility index (Phi) is 4.85. The van der Waals surface area contributed by atoms with E-state index in [1.165, 1.54) is 12.8 Å². The molecule has 19 heavy (non-hydrogen) atoms. The van der Waals surface area contributed by atoms with Crippen LogP contribution in [0.3, 0.4) is 0 Å². The van der Waals surface area contributed by atoms with Crippen molar-refractivity contribution in [1.82, 2.24) is 5.32 Å². The van der Waals surface area contributed by atoms with Gasteiger partial charge in [-0.3, -0.25) is 4.21 Å².